The summed E-state index contributed by atoms with van der Waals surface area (Å²) in [5, 5.41) is 0. The zero-order valence-electron chi connectivity index (χ0n) is 10.6. The number of sulfonamides is 1. The van der Waals surface area contributed by atoms with E-state index in [4.69, 9.17) is 10.5 Å². The van der Waals surface area contributed by atoms with Crippen molar-refractivity contribution in [2.24, 2.45) is 5.73 Å². The molecule has 0 unspecified atom stereocenters. The second kappa shape index (κ2) is 6.94. The molecule has 0 heterocycles. The van der Waals surface area contributed by atoms with Crippen molar-refractivity contribution in [3.05, 3.63) is 23.8 Å². The highest BCUT2D eigenvalue weighted by Crippen LogP contribution is 2.24. The van der Waals surface area contributed by atoms with E-state index >= 15 is 0 Å². The molecule has 5 nitrogen and oxygen atoms in total. The summed E-state index contributed by atoms with van der Waals surface area (Å²) in [6, 6.07) is 4.69. The highest BCUT2D eigenvalue weighted by Gasteiger charge is 2.21. The predicted octanol–water partition coefficient (Wildman–Crippen LogP) is 1.05. The maximum absolute atomic E-state index is 12.1. The highest BCUT2D eigenvalue weighted by molar-refractivity contribution is 7.89. The molecule has 0 saturated carbocycles. The van der Waals surface area contributed by atoms with Gasteiger partial charge in [0.15, 0.2) is 0 Å². The molecule has 0 aliphatic heterocycles. The van der Waals surface area contributed by atoms with E-state index in [0.717, 1.165) is 5.56 Å². The summed E-state index contributed by atoms with van der Waals surface area (Å²) < 4.78 is 31.7. The molecule has 0 fully saturated rings. The van der Waals surface area contributed by atoms with Gasteiger partial charge in [-0.05, 0) is 31.5 Å². The molecular formula is C11H19ClN2O3S. The Morgan fingerprint density at radius 3 is 2.56 bits per heavy atom. The molecule has 0 radical (unpaired) electrons. The van der Waals surface area contributed by atoms with Crippen molar-refractivity contribution in [3.8, 4) is 5.75 Å². The lowest BCUT2D eigenvalue weighted by atomic mass is 10.2. The van der Waals surface area contributed by atoms with Gasteiger partial charge in [-0.1, -0.05) is 6.07 Å². The average Bonchev–Trinajstić information content (AvgIpc) is 2.28. The number of benzene rings is 1. The van der Waals surface area contributed by atoms with Crippen molar-refractivity contribution in [3.63, 3.8) is 0 Å². The Morgan fingerprint density at radius 2 is 2.06 bits per heavy atom. The molecule has 0 aliphatic rings. The molecule has 0 aromatic heterocycles. The largest absolute Gasteiger partial charge is 0.495 e. The van der Waals surface area contributed by atoms with Crippen molar-refractivity contribution >= 4 is 22.4 Å². The van der Waals surface area contributed by atoms with Crippen LogP contribution in [0.2, 0.25) is 0 Å². The van der Waals surface area contributed by atoms with Crippen molar-refractivity contribution < 1.29 is 13.2 Å². The van der Waals surface area contributed by atoms with Gasteiger partial charge in [-0.3, -0.25) is 0 Å². The molecule has 1 aromatic rings. The minimum Gasteiger partial charge on any atom is -0.495 e. The van der Waals surface area contributed by atoms with Crippen molar-refractivity contribution in [1.29, 1.82) is 0 Å². The second-order valence-corrected chi connectivity index (χ2v) is 5.59. The van der Waals surface area contributed by atoms with Crippen LogP contribution in [0.5, 0.6) is 5.75 Å². The van der Waals surface area contributed by atoms with Crippen LogP contribution in [-0.2, 0) is 10.0 Å². The predicted molar refractivity (Wildman–Crippen MR) is 73.8 cm³/mol. The number of hydrogen-bond donors (Lipinski definition) is 2. The van der Waals surface area contributed by atoms with Crippen LogP contribution in [0.1, 0.15) is 12.5 Å². The van der Waals surface area contributed by atoms with Gasteiger partial charge >= 0.3 is 0 Å². The zero-order chi connectivity index (χ0) is 13.1. The highest BCUT2D eigenvalue weighted by atomic mass is 35.5. The average molecular weight is 295 g/mol. The number of nitrogens with one attached hydrogen (secondary N) is 1. The number of hydrogen-bond acceptors (Lipinski definition) is 4. The summed E-state index contributed by atoms with van der Waals surface area (Å²) in [5.74, 6) is 0.326. The Labute approximate surface area is 114 Å². The third-order valence-electron chi connectivity index (χ3n) is 2.32. The summed E-state index contributed by atoms with van der Waals surface area (Å²) in [6.45, 7) is 3.78. The summed E-state index contributed by atoms with van der Waals surface area (Å²) in [5.41, 5.74) is 6.25. The van der Waals surface area contributed by atoms with Crippen LogP contribution in [0.15, 0.2) is 23.1 Å². The van der Waals surface area contributed by atoms with Crippen molar-refractivity contribution in [1.82, 2.24) is 4.72 Å². The second-order valence-electron chi connectivity index (χ2n) is 3.91. The minimum absolute atomic E-state index is 0. The number of halogens is 1. The smallest absolute Gasteiger partial charge is 0.244 e. The lowest BCUT2D eigenvalue weighted by Crippen LogP contribution is -2.37. The lowest BCUT2D eigenvalue weighted by molar-refractivity contribution is 0.402. The third-order valence-corrected chi connectivity index (χ3v) is 3.93. The molecule has 7 heteroatoms. The fourth-order valence-corrected chi connectivity index (χ4v) is 2.88. The number of ether oxygens (including phenoxy) is 1. The zero-order valence-corrected chi connectivity index (χ0v) is 12.3. The number of rotatable bonds is 5. The summed E-state index contributed by atoms with van der Waals surface area (Å²) in [6.07, 6.45) is 0. The Balaban J connectivity index is 0.00000289. The van der Waals surface area contributed by atoms with Crippen molar-refractivity contribution in [2.45, 2.75) is 24.8 Å². The van der Waals surface area contributed by atoms with Crippen LogP contribution in [0.25, 0.3) is 0 Å². The number of methoxy groups -OCH3 is 1. The van der Waals surface area contributed by atoms with Crippen LogP contribution in [0, 0.1) is 6.92 Å². The van der Waals surface area contributed by atoms with Gasteiger partial charge in [-0.25, -0.2) is 13.1 Å². The first-order valence-corrected chi connectivity index (χ1v) is 6.76. The topological polar surface area (TPSA) is 81.4 Å². The van der Waals surface area contributed by atoms with E-state index in [1.807, 2.05) is 6.92 Å². The van der Waals surface area contributed by atoms with E-state index in [1.165, 1.54) is 7.11 Å². The first kappa shape index (κ1) is 17.2. The van der Waals surface area contributed by atoms with Gasteiger partial charge in [0.25, 0.3) is 0 Å². The van der Waals surface area contributed by atoms with E-state index < -0.39 is 10.0 Å². The normalized spacial score (nSPS) is 12.7. The molecule has 1 aromatic carbocycles. The van der Waals surface area contributed by atoms with Gasteiger partial charge in [0, 0.05) is 12.6 Å². The fourth-order valence-electron chi connectivity index (χ4n) is 1.37. The fraction of sp³-hybridized carbons (Fsp3) is 0.455. The maximum Gasteiger partial charge on any atom is 0.244 e. The first-order chi connectivity index (χ1) is 7.90. The minimum atomic E-state index is -3.59. The summed E-state index contributed by atoms with van der Waals surface area (Å²) in [7, 11) is -2.15. The monoisotopic (exact) mass is 294 g/mol. The van der Waals surface area contributed by atoms with Crippen LogP contribution < -0.4 is 15.2 Å². The molecular weight excluding hydrogens is 276 g/mol. The quantitative estimate of drug-likeness (QED) is 0.850. The molecule has 0 amide bonds. The SMILES string of the molecule is COc1ccc(C)cc1S(=O)(=O)N[C@H](C)CN.Cl. The number of nitrogens with two attached hydrogens (primary N) is 1. The van der Waals surface area contributed by atoms with Crippen LogP contribution in [-0.4, -0.2) is 28.1 Å². The lowest BCUT2D eigenvalue weighted by Gasteiger charge is -2.14. The van der Waals surface area contributed by atoms with E-state index in [9.17, 15) is 8.42 Å². The summed E-state index contributed by atoms with van der Waals surface area (Å²) >= 11 is 0. The Morgan fingerprint density at radius 1 is 1.44 bits per heavy atom. The van der Waals surface area contributed by atoms with Crippen LogP contribution >= 0.6 is 12.4 Å². The maximum atomic E-state index is 12.1. The van der Waals surface area contributed by atoms with Crippen molar-refractivity contribution in [2.75, 3.05) is 13.7 Å². The first-order valence-electron chi connectivity index (χ1n) is 5.27. The van der Waals surface area contributed by atoms with E-state index in [1.54, 1.807) is 25.1 Å². The third kappa shape index (κ3) is 4.13. The molecule has 104 valence electrons. The summed E-state index contributed by atoms with van der Waals surface area (Å²) in [4.78, 5) is 0.139. The standard InChI is InChI=1S/C11H18N2O3S.ClH/c1-8-4-5-10(16-3)11(6-8)17(14,15)13-9(2)7-12;/h4-6,9,13H,7,12H2,1-3H3;1H/t9-;/m1./s1. The molecule has 1 atom stereocenters. The van der Waals surface area contributed by atoms with Gasteiger partial charge in [-0.2, -0.15) is 0 Å². The molecule has 0 aliphatic carbocycles. The van der Waals surface area contributed by atoms with E-state index in [2.05, 4.69) is 4.72 Å². The molecule has 0 bridgehead atoms. The Kier molecular flexibility index (Phi) is 6.62. The number of aryl methyl sites for hydroxylation is 1. The molecule has 18 heavy (non-hydrogen) atoms. The molecule has 1 rings (SSSR count). The van der Waals surface area contributed by atoms with E-state index in [0.29, 0.717) is 5.75 Å². The molecule has 0 saturated heterocycles. The van der Waals surface area contributed by atoms with Gasteiger partial charge in [0.2, 0.25) is 10.0 Å². The Hall–Kier alpha value is -0.820. The van der Waals surface area contributed by atoms with Gasteiger partial charge in [0.1, 0.15) is 10.6 Å². The van der Waals surface area contributed by atoms with Gasteiger partial charge < -0.3 is 10.5 Å². The van der Waals surface area contributed by atoms with Crippen LogP contribution in [0.3, 0.4) is 0 Å². The van der Waals surface area contributed by atoms with Crippen LogP contribution in [0.4, 0.5) is 0 Å². The molecule has 0 spiro atoms. The Bertz CT molecular complexity index is 491. The van der Waals surface area contributed by atoms with Gasteiger partial charge in [0.05, 0.1) is 7.11 Å². The molecule has 3 N–H and O–H groups in total. The van der Waals surface area contributed by atoms with E-state index in [-0.39, 0.29) is 29.9 Å². The van der Waals surface area contributed by atoms with Gasteiger partial charge in [-0.15, -0.1) is 12.4 Å².